The van der Waals surface area contributed by atoms with Gasteiger partial charge in [-0.15, -0.1) is 0 Å². The summed E-state index contributed by atoms with van der Waals surface area (Å²) < 4.78 is 22.6. The number of anilines is 1. The van der Waals surface area contributed by atoms with Crippen molar-refractivity contribution in [1.82, 2.24) is 9.78 Å². The van der Waals surface area contributed by atoms with Crippen LogP contribution in [0.4, 0.5) is 5.69 Å². The minimum Gasteiger partial charge on any atom is -0.494 e. The molecule has 3 rings (SSSR count). The third-order valence-electron chi connectivity index (χ3n) is 3.97. The van der Waals surface area contributed by atoms with E-state index < -0.39 is 11.9 Å². The Morgan fingerprint density at radius 2 is 1.79 bits per heavy atom. The number of carbonyl (C=O) groups is 2. The first-order chi connectivity index (χ1) is 14.0. The molecule has 0 unspecified atom stereocenters. The van der Waals surface area contributed by atoms with E-state index in [-0.39, 0.29) is 23.7 Å². The van der Waals surface area contributed by atoms with Gasteiger partial charge in [0.2, 0.25) is 0 Å². The maximum Gasteiger partial charge on any atom is 0.358 e. The highest BCUT2D eigenvalue weighted by atomic mass is 16.5. The van der Waals surface area contributed by atoms with Gasteiger partial charge in [0.05, 0.1) is 25.6 Å². The lowest BCUT2D eigenvalue weighted by molar-refractivity contribution is 0.0589. The number of ether oxygens (including phenoxy) is 3. The molecule has 0 fully saturated rings. The lowest BCUT2D eigenvalue weighted by Gasteiger charge is -2.06. The maximum absolute atomic E-state index is 12.4. The van der Waals surface area contributed by atoms with E-state index in [0.717, 1.165) is 5.75 Å². The van der Waals surface area contributed by atoms with Gasteiger partial charge in [0.15, 0.2) is 11.5 Å². The Bertz CT molecular complexity index is 990. The highest BCUT2D eigenvalue weighted by Crippen LogP contribution is 2.20. The number of carbonyl (C=O) groups excluding carboxylic acids is 2. The Hall–Kier alpha value is -3.75. The molecule has 2 aromatic heterocycles. The van der Waals surface area contributed by atoms with E-state index in [4.69, 9.17) is 18.6 Å². The zero-order valence-corrected chi connectivity index (χ0v) is 16.3. The van der Waals surface area contributed by atoms with Crippen molar-refractivity contribution in [3.8, 4) is 11.5 Å². The zero-order chi connectivity index (χ0) is 20.8. The van der Waals surface area contributed by atoms with Crippen molar-refractivity contribution in [2.45, 2.75) is 13.5 Å². The standard InChI is InChI=1S/C20H21N3O6/c1-4-27-13-5-7-14(8-6-13)28-12-15-9-10-17(29-15)19(24)22-16-11-21-23(2)18(16)20(25)26-3/h5-11H,4,12H2,1-3H3,(H,22,24). The van der Waals surface area contributed by atoms with Gasteiger partial charge in [-0.05, 0) is 43.3 Å². The lowest BCUT2D eigenvalue weighted by atomic mass is 10.3. The minimum atomic E-state index is -0.607. The second-order valence-electron chi connectivity index (χ2n) is 5.94. The number of esters is 1. The Morgan fingerprint density at radius 3 is 2.45 bits per heavy atom. The van der Waals surface area contributed by atoms with Gasteiger partial charge in [0.1, 0.15) is 23.9 Å². The molecule has 9 heteroatoms. The van der Waals surface area contributed by atoms with Gasteiger partial charge in [-0.3, -0.25) is 9.48 Å². The quantitative estimate of drug-likeness (QED) is 0.581. The van der Waals surface area contributed by atoms with Crippen LogP contribution in [0.2, 0.25) is 0 Å². The normalized spacial score (nSPS) is 10.4. The van der Waals surface area contributed by atoms with E-state index in [1.165, 1.54) is 24.1 Å². The van der Waals surface area contributed by atoms with Crippen molar-refractivity contribution in [1.29, 1.82) is 0 Å². The molecule has 1 amide bonds. The highest BCUT2D eigenvalue weighted by molar-refractivity contribution is 6.06. The second kappa shape index (κ2) is 8.96. The number of furan rings is 1. The summed E-state index contributed by atoms with van der Waals surface area (Å²) in [4.78, 5) is 24.3. The Kier molecular flexibility index (Phi) is 6.18. The fourth-order valence-electron chi connectivity index (χ4n) is 2.58. The molecule has 152 valence electrons. The van der Waals surface area contributed by atoms with E-state index in [1.54, 1.807) is 25.2 Å². The number of hydrogen-bond donors (Lipinski definition) is 1. The van der Waals surface area contributed by atoms with Crippen molar-refractivity contribution in [2.24, 2.45) is 7.05 Å². The number of nitrogens with zero attached hydrogens (tertiary/aromatic N) is 2. The zero-order valence-electron chi connectivity index (χ0n) is 16.3. The smallest absolute Gasteiger partial charge is 0.358 e. The summed E-state index contributed by atoms with van der Waals surface area (Å²) in [6.07, 6.45) is 1.36. The minimum absolute atomic E-state index is 0.0787. The molecular weight excluding hydrogens is 378 g/mol. The van der Waals surface area contributed by atoms with Crippen molar-refractivity contribution in [3.05, 3.63) is 59.8 Å². The summed E-state index contributed by atoms with van der Waals surface area (Å²) in [5.74, 6) is 0.838. The summed E-state index contributed by atoms with van der Waals surface area (Å²) in [7, 11) is 2.83. The highest BCUT2D eigenvalue weighted by Gasteiger charge is 2.21. The Labute approximate surface area is 167 Å². The molecule has 0 saturated carbocycles. The van der Waals surface area contributed by atoms with E-state index in [9.17, 15) is 9.59 Å². The first-order valence-electron chi connectivity index (χ1n) is 8.87. The Morgan fingerprint density at radius 1 is 1.10 bits per heavy atom. The van der Waals surface area contributed by atoms with Crippen LogP contribution in [0.25, 0.3) is 0 Å². The molecule has 2 heterocycles. The van der Waals surface area contributed by atoms with Gasteiger partial charge in [0, 0.05) is 7.05 Å². The van der Waals surface area contributed by atoms with Crippen LogP contribution >= 0.6 is 0 Å². The van der Waals surface area contributed by atoms with Gasteiger partial charge in [-0.25, -0.2) is 4.79 Å². The van der Waals surface area contributed by atoms with Crippen LogP contribution in [0.1, 0.15) is 33.7 Å². The molecule has 0 aliphatic carbocycles. The molecule has 0 bridgehead atoms. The van der Waals surface area contributed by atoms with Crippen LogP contribution in [0.5, 0.6) is 11.5 Å². The van der Waals surface area contributed by atoms with E-state index >= 15 is 0 Å². The van der Waals surface area contributed by atoms with Gasteiger partial charge < -0.3 is 23.9 Å². The molecule has 1 aromatic carbocycles. The predicted octanol–water partition coefficient (Wildman–Crippen LogP) is 3.03. The molecule has 0 aliphatic rings. The molecule has 0 radical (unpaired) electrons. The van der Waals surface area contributed by atoms with Crippen LogP contribution in [0.3, 0.4) is 0 Å². The van der Waals surface area contributed by atoms with E-state index in [1.807, 2.05) is 19.1 Å². The Balaban J connectivity index is 1.61. The number of benzene rings is 1. The number of hydrogen-bond acceptors (Lipinski definition) is 7. The van der Waals surface area contributed by atoms with Crippen LogP contribution in [0.15, 0.2) is 47.0 Å². The molecule has 0 aliphatic heterocycles. The molecular formula is C20H21N3O6. The number of nitrogens with one attached hydrogen (secondary N) is 1. The summed E-state index contributed by atoms with van der Waals surface area (Å²) in [6, 6.07) is 10.4. The summed E-state index contributed by atoms with van der Waals surface area (Å²) in [5, 5.41) is 6.56. The second-order valence-corrected chi connectivity index (χ2v) is 5.94. The third kappa shape index (κ3) is 4.75. The van der Waals surface area contributed by atoms with Gasteiger partial charge in [0.25, 0.3) is 5.91 Å². The molecule has 0 atom stereocenters. The average molecular weight is 399 g/mol. The molecule has 0 spiro atoms. The largest absolute Gasteiger partial charge is 0.494 e. The number of amides is 1. The fourth-order valence-corrected chi connectivity index (χ4v) is 2.58. The molecule has 3 aromatic rings. The van der Waals surface area contributed by atoms with Crippen molar-refractivity contribution in [2.75, 3.05) is 19.0 Å². The van der Waals surface area contributed by atoms with Gasteiger partial charge in [-0.2, -0.15) is 5.10 Å². The van der Waals surface area contributed by atoms with Crippen LogP contribution in [-0.2, 0) is 18.4 Å². The molecule has 1 N–H and O–H groups in total. The van der Waals surface area contributed by atoms with Gasteiger partial charge in [-0.1, -0.05) is 0 Å². The van der Waals surface area contributed by atoms with Crippen LogP contribution in [0, 0.1) is 0 Å². The summed E-state index contributed by atoms with van der Waals surface area (Å²) in [5.41, 5.74) is 0.361. The first kappa shape index (κ1) is 20.0. The summed E-state index contributed by atoms with van der Waals surface area (Å²) in [6.45, 7) is 2.67. The lowest BCUT2D eigenvalue weighted by Crippen LogP contribution is -2.16. The number of aromatic nitrogens is 2. The maximum atomic E-state index is 12.4. The van der Waals surface area contributed by atoms with Crippen molar-refractivity contribution in [3.63, 3.8) is 0 Å². The van der Waals surface area contributed by atoms with Crippen molar-refractivity contribution >= 4 is 17.6 Å². The molecule has 0 saturated heterocycles. The van der Waals surface area contributed by atoms with Crippen molar-refractivity contribution < 1.29 is 28.2 Å². The average Bonchev–Trinajstić information content (AvgIpc) is 3.34. The number of rotatable bonds is 8. The SMILES string of the molecule is CCOc1ccc(OCc2ccc(C(=O)Nc3cnn(C)c3C(=O)OC)o2)cc1. The van der Waals surface area contributed by atoms with E-state index in [2.05, 4.69) is 10.4 Å². The van der Waals surface area contributed by atoms with Crippen LogP contribution in [-0.4, -0.2) is 35.4 Å². The topological polar surface area (TPSA) is 105 Å². The predicted molar refractivity (Wildman–Crippen MR) is 103 cm³/mol. The van der Waals surface area contributed by atoms with Crippen LogP contribution < -0.4 is 14.8 Å². The fraction of sp³-hybridized carbons (Fsp3) is 0.250. The number of methoxy groups -OCH3 is 1. The summed E-state index contributed by atoms with van der Waals surface area (Å²) >= 11 is 0. The molecule has 9 nitrogen and oxygen atoms in total. The number of aryl methyl sites for hydroxylation is 1. The van der Waals surface area contributed by atoms with Gasteiger partial charge >= 0.3 is 5.97 Å². The van der Waals surface area contributed by atoms with E-state index in [0.29, 0.717) is 18.1 Å². The molecule has 29 heavy (non-hydrogen) atoms. The monoisotopic (exact) mass is 399 g/mol. The first-order valence-corrected chi connectivity index (χ1v) is 8.87. The third-order valence-corrected chi connectivity index (χ3v) is 3.97.